The molecule has 232 valence electrons. The summed E-state index contributed by atoms with van der Waals surface area (Å²) in [5.74, 6) is -1.24. The Bertz CT molecular complexity index is 1550. The summed E-state index contributed by atoms with van der Waals surface area (Å²) in [5, 5.41) is 2.21. The zero-order valence-corrected chi connectivity index (χ0v) is 26.1. The van der Waals surface area contributed by atoms with E-state index in [1.54, 1.807) is 31.2 Å². The number of hydrogen-bond donors (Lipinski definition) is 1. The number of nitrogens with one attached hydrogen (secondary N) is 1. The topological polar surface area (TPSA) is 86.8 Å². The van der Waals surface area contributed by atoms with E-state index < -0.39 is 56.9 Å². The standard InChI is InChI=1S/C31H35ClF3N3O4S/c1-6-22(4)36-30(40)23(5)37(18-24-11-7-20(2)8-12-24)29(39)19-38(43(41,42)26-14-9-21(3)10-15-26)25-13-16-28(32)27(17-25)31(33,34)35/h7-17,22-23H,6,18-19H2,1-5H3,(H,36,40)/t22-,23+/m0/s1. The van der Waals surface area contributed by atoms with Crippen molar-refractivity contribution >= 4 is 39.1 Å². The highest BCUT2D eigenvalue weighted by molar-refractivity contribution is 7.92. The minimum atomic E-state index is -4.88. The van der Waals surface area contributed by atoms with Gasteiger partial charge in [-0.1, -0.05) is 66.0 Å². The van der Waals surface area contributed by atoms with Crippen molar-refractivity contribution in [3.63, 3.8) is 0 Å². The first-order valence-corrected chi connectivity index (χ1v) is 15.5. The summed E-state index contributed by atoms with van der Waals surface area (Å²) in [6.07, 6.45) is -4.23. The van der Waals surface area contributed by atoms with Crippen LogP contribution in [0.2, 0.25) is 5.02 Å². The highest BCUT2D eigenvalue weighted by Crippen LogP contribution is 2.38. The molecule has 0 spiro atoms. The summed E-state index contributed by atoms with van der Waals surface area (Å²) in [6, 6.07) is 14.4. The summed E-state index contributed by atoms with van der Waals surface area (Å²) in [6.45, 7) is 7.95. The number of benzene rings is 3. The predicted molar refractivity (Wildman–Crippen MR) is 161 cm³/mol. The van der Waals surface area contributed by atoms with Gasteiger partial charge in [0.15, 0.2) is 0 Å². The second-order valence-electron chi connectivity index (χ2n) is 10.5. The molecule has 0 aromatic heterocycles. The Morgan fingerprint density at radius 3 is 2.02 bits per heavy atom. The molecule has 0 bridgehead atoms. The smallest absolute Gasteiger partial charge is 0.352 e. The lowest BCUT2D eigenvalue weighted by Gasteiger charge is -2.32. The van der Waals surface area contributed by atoms with Gasteiger partial charge < -0.3 is 10.2 Å². The van der Waals surface area contributed by atoms with Crippen molar-refractivity contribution in [1.29, 1.82) is 0 Å². The molecular weight excluding hydrogens is 603 g/mol. The van der Waals surface area contributed by atoms with Crippen LogP contribution in [0, 0.1) is 13.8 Å². The quantitative estimate of drug-likeness (QED) is 0.260. The van der Waals surface area contributed by atoms with E-state index >= 15 is 0 Å². The van der Waals surface area contributed by atoms with E-state index in [1.807, 2.05) is 32.9 Å². The zero-order chi connectivity index (χ0) is 32.1. The van der Waals surface area contributed by atoms with Crippen molar-refractivity contribution in [1.82, 2.24) is 10.2 Å². The van der Waals surface area contributed by atoms with Crippen molar-refractivity contribution in [3.05, 3.63) is 94.0 Å². The van der Waals surface area contributed by atoms with Gasteiger partial charge in [-0.05, 0) is 70.0 Å². The number of nitrogens with zero attached hydrogens (tertiary/aromatic N) is 2. The lowest BCUT2D eigenvalue weighted by molar-refractivity contribution is -0.139. The lowest BCUT2D eigenvalue weighted by Crippen LogP contribution is -2.52. The highest BCUT2D eigenvalue weighted by atomic mass is 35.5. The number of halogens is 4. The van der Waals surface area contributed by atoms with Crippen LogP contribution < -0.4 is 9.62 Å². The fourth-order valence-corrected chi connectivity index (χ4v) is 5.82. The Hall–Kier alpha value is -3.57. The first-order chi connectivity index (χ1) is 20.0. The molecule has 0 saturated heterocycles. The molecule has 12 heteroatoms. The molecule has 0 heterocycles. The third-order valence-corrected chi connectivity index (χ3v) is 9.19. The molecule has 3 rings (SSSR count). The van der Waals surface area contributed by atoms with E-state index in [2.05, 4.69) is 5.32 Å². The molecule has 2 atom stereocenters. The van der Waals surface area contributed by atoms with E-state index in [0.717, 1.165) is 23.3 Å². The third kappa shape index (κ3) is 8.51. The molecule has 0 unspecified atom stereocenters. The molecule has 0 aliphatic carbocycles. The number of anilines is 1. The molecule has 3 aromatic rings. The summed E-state index contributed by atoms with van der Waals surface area (Å²) in [5.41, 5.74) is 0.764. The van der Waals surface area contributed by atoms with Crippen molar-refractivity contribution in [2.75, 3.05) is 10.8 Å². The van der Waals surface area contributed by atoms with Gasteiger partial charge in [-0.15, -0.1) is 0 Å². The van der Waals surface area contributed by atoms with Crippen molar-refractivity contribution in [3.8, 4) is 0 Å². The Balaban J connectivity index is 2.11. The van der Waals surface area contributed by atoms with Gasteiger partial charge in [-0.2, -0.15) is 13.2 Å². The molecule has 0 aliphatic rings. The predicted octanol–water partition coefficient (Wildman–Crippen LogP) is 6.50. The maximum atomic E-state index is 14.0. The van der Waals surface area contributed by atoms with Crippen LogP contribution in [0.3, 0.4) is 0 Å². The van der Waals surface area contributed by atoms with Crippen LogP contribution in [-0.4, -0.2) is 43.8 Å². The fraction of sp³-hybridized carbons (Fsp3) is 0.355. The van der Waals surface area contributed by atoms with Gasteiger partial charge >= 0.3 is 6.18 Å². The van der Waals surface area contributed by atoms with Gasteiger partial charge in [0.2, 0.25) is 11.8 Å². The lowest BCUT2D eigenvalue weighted by atomic mass is 10.1. The van der Waals surface area contributed by atoms with Gasteiger partial charge in [-0.25, -0.2) is 8.42 Å². The number of aryl methyl sites for hydroxylation is 2. The van der Waals surface area contributed by atoms with Gasteiger partial charge in [0.25, 0.3) is 10.0 Å². The first kappa shape index (κ1) is 33.9. The largest absolute Gasteiger partial charge is 0.417 e. The normalized spacial score (nSPS) is 13.2. The van der Waals surface area contributed by atoms with E-state index in [4.69, 9.17) is 11.6 Å². The van der Waals surface area contributed by atoms with E-state index in [9.17, 15) is 31.2 Å². The van der Waals surface area contributed by atoms with Gasteiger partial charge in [0.1, 0.15) is 12.6 Å². The molecule has 0 aliphatic heterocycles. The van der Waals surface area contributed by atoms with Crippen LogP contribution >= 0.6 is 11.6 Å². The van der Waals surface area contributed by atoms with Gasteiger partial charge in [0, 0.05) is 12.6 Å². The minimum absolute atomic E-state index is 0.0406. The minimum Gasteiger partial charge on any atom is -0.352 e. The zero-order valence-electron chi connectivity index (χ0n) is 24.6. The summed E-state index contributed by atoms with van der Waals surface area (Å²) in [7, 11) is -4.55. The fourth-order valence-electron chi connectivity index (χ4n) is 4.19. The number of sulfonamides is 1. The number of carbonyl (C=O) groups is 2. The van der Waals surface area contributed by atoms with Crippen LogP contribution in [0.1, 0.15) is 49.4 Å². The number of rotatable bonds is 11. The molecule has 1 N–H and O–H groups in total. The summed E-state index contributed by atoms with van der Waals surface area (Å²) in [4.78, 5) is 28.1. The molecule has 7 nitrogen and oxygen atoms in total. The van der Waals surface area contributed by atoms with Crippen LogP contribution in [0.4, 0.5) is 18.9 Å². The molecular formula is C31H35ClF3N3O4S. The monoisotopic (exact) mass is 637 g/mol. The Morgan fingerprint density at radius 1 is 0.930 bits per heavy atom. The molecule has 0 fully saturated rings. The Morgan fingerprint density at radius 2 is 1.49 bits per heavy atom. The second-order valence-corrected chi connectivity index (χ2v) is 12.8. The van der Waals surface area contributed by atoms with Crippen molar-refractivity contribution < 1.29 is 31.2 Å². The van der Waals surface area contributed by atoms with Gasteiger partial charge in [0.05, 0.1) is 21.2 Å². The van der Waals surface area contributed by atoms with Crippen LogP contribution in [0.15, 0.2) is 71.6 Å². The van der Waals surface area contributed by atoms with Crippen molar-refractivity contribution in [2.24, 2.45) is 0 Å². The highest BCUT2D eigenvalue weighted by Gasteiger charge is 2.37. The number of amides is 2. The Kier molecular flexibility index (Phi) is 10.9. The Labute approximate surface area is 255 Å². The molecule has 2 amide bonds. The van der Waals surface area contributed by atoms with Gasteiger partial charge in [-0.3, -0.25) is 13.9 Å². The number of alkyl halides is 3. The van der Waals surface area contributed by atoms with E-state index in [-0.39, 0.29) is 17.5 Å². The molecule has 0 radical (unpaired) electrons. The van der Waals surface area contributed by atoms with Crippen LogP contribution in [-0.2, 0) is 32.3 Å². The van der Waals surface area contributed by atoms with Crippen LogP contribution in [0.25, 0.3) is 0 Å². The molecule has 3 aromatic carbocycles. The molecule has 0 saturated carbocycles. The average Bonchev–Trinajstić information content (AvgIpc) is 2.95. The van der Waals surface area contributed by atoms with E-state index in [0.29, 0.717) is 22.4 Å². The number of carbonyl (C=O) groups excluding carboxylic acids is 2. The maximum absolute atomic E-state index is 14.0. The first-order valence-electron chi connectivity index (χ1n) is 13.7. The molecule has 43 heavy (non-hydrogen) atoms. The SMILES string of the molecule is CC[C@H](C)NC(=O)[C@@H](C)N(Cc1ccc(C)cc1)C(=O)CN(c1ccc(Cl)c(C(F)(F)F)c1)S(=O)(=O)c1ccc(C)cc1. The number of hydrogen-bond acceptors (Lipinski definition) is 4. The van der Waals surface area contributed by atoms with Crippen LogP contribution in [0.5, 0.6) is 0 Å². The second kappa shape index (κ2) is 13.8. The van der Waals surface area contributed by atoms with Crippen molar-refractivity contribution in [2.45, 2.75) is 70.7 Å². The van der Waals surface area contributed by atoms with E-state index in [1.165, 1.54) is 24.0 Å². The summed E-state index contributed by atoms with van der Waals surface area (Å²) >= 11 is 5.81. The average molecular weight is 638 g/mol. The third-order valence-electron chi connectivity index (χ3n) is 7.07. The maximum Gasteiger partial charge on any atom is 0.417 e. The summed E-state index contributed by atoms with van der Waals surface area (Å²) < 4.78 is 69.7.